The van der Waals surface area contributed by atoms with Crippen molar-refractivity contribution >= 4 is 0 Å². The molecule has 1 unspecified atom stereocenters. The summed E-state index contributed by atoms with van der Waals surface area (Å²) in [7, 11) is 2.28. The van der Waals surface area contributed by atoms with E-state index in [9.17, 15) is 0 Å². The highest BCUT2D eigenvalue weighted by Gasteiger charge is 2.29. The number of likely N-dealkylation sites (N-methyl/N-ethyl adjacent to an activating group) is 1. The lowest BCUT2D eigenvalue weighted by molar-refractivity contribution is 0.0971. The molecule has 2 heteroatoms. The van der Waals surface area contributed by atoms with Crippen molar-refractivity contribution in [3.05, 3.63) is 0 Å². The topological polar surface area (TPSA) is 29.3 Å². The fourth-order valence-corrected chi connectivity index (χ4v) is 3.03. The van der Waals surface area contributed by atoms with E-state index in [1.165, 1.54) is 51.5 Å². The van der Waals surface area contributed by atoms with E-state index in [-0.39, 0.29) is 5.54 Å². The van der Waals surface area contributed by atoms with Crippen molar-refractivity contribution in [2.75, 3.05) is 20.1 Å². The Morgan fingerprint density at radius 3 is 2.33 bits per heavy atom. The summed E-state index contributed by atoms with van der Waals surface area (Å²) >= 11 is 0. The smallest absolute Gasteiger partial charge is 0.0300 e. The summed E-state index contributed by atoms with van der Waals surface area (Å²) in [5.41, 5.74) is 6.25. The third-order valence-electron chi connectivity index (χ3n) is 4.88. The Balaban J connectivity index is 2.45. The molecule has 0 bridgehead atoms. The lowest BCUT2D eigenvalue weighted by Gasteiger charge is -2.41. The summed E-state index contributed by atoms with van der Waals surface area (Å²) in [6, 6.07) is 0. The Morgan fingerprint density at radius 2 is 1.83 bits per heavy atom. The molecule has 1 fully saturated rings. The standard InChI is InChI=1S/C16H34N2/c1-14(2)10-11-16(3,13-17)18(4)12-15-8-6-5-7-9-15/h14-15H,5-13,17H2,1-4H3. The van der Waals surface area contributed by atoms with Gasteiger partial charge < -0.3 is 5.73 Å². The molecule has 108 valence electrons. The number of nitrogens with two attached hydrogens (primary N) is 1. The van der Waals surface area contributed by atoms with Gasteiger partial charge in [0.2, 0.25) is 0 Å². The molecule has 2 N–H and O–H groups in total. The Bertz CT molecular complexity index is 221. The van der Waals surface area contributed by atoms with E-state index in [2.05, 4.69) is 32.7 Å². The lowest BCUT2D eigenvalue weighted by atomic mass is 9.86. The highest BCUT2D eigenvalue weighted by atomic mass is 15.2. The molecule has 0 aromatic carbocycles. The van der Waals surface area contributed by atoms with Crippen molar-refractivity contribution in [3.63, 3.8) is 0 Å². The van der Waals surface area contributed by atoms with Gasteiger partial charge in [-0.05, 0) is 51.5 Å². The van der Waals surface area contributed by atoms with Crippen molar-refractivity contribution < 1.29 is 0 Å². The monoisotopic (exact) mass is 254 g/mol. The van der Waals surface area contributed by atoms with Gasteiger partial charge in [-0.1, -0.05) is 33.1 Å². The van der Waals surface area contributed by atoms with Gasteiger partial charge in [-0.3, -0.25) is 4.90 Å². The summed E-state index contributed by atoms with van der Waals surface area (Å²) in [4.78, 5) is 2.55. The molecule has 0 heterocycles. The minimum Gasteiger partial charge on any atom is -0.329 e. The Labute approximate surface area is 114 Å². The largest absolute Gasteiger partial charge is 0.329 e. The average molecular weight is 254 g/mol. The zero-order valence-electron chi connectivity index (χ0n) is 13.0. The summed E-state index contributed by atoms with van der Waals surface area (Å²) < 4.78 is 0. The molecule has 18 heavy (non-hydrogen) atoms. The maximum Gasteiger partial charge on any atom is 0.0300 e. The molecule has 0 aliphatic heterocycles. The van der Waals surface area contributed by atoms with Gasteiger partial charge in [0.25, 0.3) is 0 Å². The van der Waals surface area contributed by atoms with E-state index in [4.69, 9.17) is 5.73 Å². The second-order valence-corrected chi connectivity index (χ2v) is 7.02. The van der Waals surface area contributed by atoms with Crippen LogP contribution in [0.1, 0.15) is 65.7 Å². The first kappa shape index (κ1) is 16.0. The molecule has 1 saturated carbocycles. The van der Waals surface area contributed by atoms with Gasteiger partial charge in [0, 0.05) is 18.6 Å². The molecular weight excluding hydrogens is 220 g/mol. The highest BCUT2D eigenvalue weighted by Crippen LogP contribution is 2.28. The van der Waals surface area contributed by atoms with Crippen LogP contribution in [0.3, 0.4) is 0 Å². The highest BCUT2D eigenvalue weighted by molar-refractivity contribution is 4.87. The second-order valence-electron chi connectivity index (χ2n) is 7.02. The quantitative estimate of drug-likeness (QED) is 0.751. The van der Waals surface area contributed by atoms with Crippen LogP contribution in [0, 0.1) is 11.8 Å². The molecule has 0 aromatic rings. The summed E-state index contributed by atoms with van der Waals surface area (Å²) in [6.07, 6.45) is 9.67. The minimum atomic E-state index is 0.196. The molecule has 0 amide bonds. The van der Waals surface area contributed by atoms with Gasteiger partial charge in [0.15, 0.2) is 0 Å². The van der Waals surface area contributed by atoms with Crippen LogP contribution in [0.2, 0.25) is 0 Å². The molecule has 0 spiro atoms. The summed E-state index contributed by atoms with van der Waals surface area (Å²) in [5.74, 6) is 1.69. The van der Waals surface area contributed by atoms with Crippen molar-refractivity contribution in [2.24, 2.45) is 17.6 Å². The van der Waals surface area contributed by atoms with E-state index < -0.39 is 0 Å². The number of hydrogen-bond acceptors (Lipinski definition) is 2. The molecule has 0 saturated heterocycles. The van der Waals surface area contributed by atoms with Crippen molar-refractivity contribution in [1.82, 2.24) is 4.90 Å². The van der Waals surface area contributed by atoms with Gasteiger partial charge in [-0.2, -0.15) is 0 Å². The van der Waals surface area contributed by atoms with E-state index >= 15 is 0 Å². The zero-order chi connectivity index (χ0) is 13.6. The van der Waals surface area contributed by atoms with Gasteiger partial charge in [-0.15, -0.1) is 0 Å². The zero-order valence-corrected chi connectivity index (χ0v) is 13.0. The summed E-state index contributed by atoms with van der Waals surface area (Å²) in [5, 5.41) is 0. The SMILES string of the molecule is CC(C)CCC(C)(CN)N(C)CC1CCCCC1. The molecule has 0 radical (unpaired) electrons. The average Bonchev–Trinajstić information content (AvgIpc) is 2.37. The van der Waals surface area contributed by atoms with Gasteiger partial charge in [0.1, 0.15) is 0 Å². The lowest BCUT2D eigenvalue weighted by Crippen LogP contribution is -2.51. The van der Waals surface area contributed by atoms with E-state index in [0.717, 1.165) is 18.4 Å². The van der Waals surface area contributed by atoms with Crippen LogP contribution < -0.4 is 5.73 Å². The molecule has 0 aromatic heterocycles. The molecule has 1 aliphatic rings. The number of nitrogens with zero attached hydrogens (tertiary/aromatic N) is 1. The van der Waals surface area contributed by atoms with Crippen molar-refractivity contribution in [2.45, 2.75) is 71.3 Å². The first-order chi connectivity index (χ1) is 8.48. The number of hydrogen-bond donors (Lipinski definition) is 1. The van der Waals surface area contributed by atoms with Crippen LogP contribution in [0.4, 0.5) is 0 Å². The fraction of sp³-hybridized carbons (Fsp3) is 1.00. The van der Waals surface area contributed by atoms with Crippen LogP contribution in [-0.2, 0) is 0 Å². The normalized spacial score (nSPS) is 21.5. The van der Waals surface area contributed by atoms with Crippen LogP contribution in [0.25, 0.3) is 0 Å². The Hall–Kier alpha value is -0.0800. The van der Waals surface area contributed by atoms with Crippen LogP contribution >= 0.6 is 0 Å². The van der Waals surface area contributed by atoms with Crippen LogP contribution in [-0.4, -0.2) is 30.6 Å². The summed E-state index contributed by atoms with van der Waals surface area (Å²) in [6.45, 7) is 8.98. The Morgan fingerprint density at radius 1 is 1.22 bits per heavy atom. The van der Waals surface area contributed by atoms with Crippen molar-refractivity contribution in [1.29, 1.82) is 0 Å². The van der Waals surface area contributed by atoms with Gasteiger partial charge in [0.05, 0.1) is 0 Å². The number of rotatable bonds is 7. The second kappa shape index (κ2) is 7.49. The minimum absolute atomic E-state index is 0.196. The first-order valence-corrected chi connectivity index (χ1v) is 7.89. The predicted molar refractivity (Wildman–Crippen MR) is 80.7 cm³/mol. The van der Waals surface area contributed by atoms with Crippen molar-refractivity contribution in [3.8, 4) is 0 Å². The molecule has 2 nitrogen and oxygen atoms in total. The van der Waals surface area contributed by atoms with E-state index in [1.807, 2.05) is 0 Å². The van der Waals surface area contributed by atoms with Gasteiger partial charge in [-0.25, -0.2) is 0 Å². The molecule has 1 atom stereocenters. The van der Waals surface area contributed by atoms with E-state index in [0.29, 0.717) is 0 Å². The molecular formula is C16H34N2. The molecule has 1 aliphatic carbocycles. The van der Waals surface area contributed by atoms with E-state index in [1.54, 1.807) is 0 Å². The third-order valence-corrected chi connectivity index (χ3v) is 4.88. The fourth-order valence-electron chi connectivity index (χ4n) is 3.03. The predicted octanol–water partition coefficient (Wildman–Crippen LogP) is 3.65. The van der Waals surface area contributed by atoms with Gasteiger partial charge >= 0.3 is 0 Å². The Kier molecular flexibility index (Phi) is 6.65. The third kappa shape index (κ3) is 4.89. The van der Waals surface area contributed by atoms with Crippen LogP contribution in [0.5, 0.6) is 0 Å². The first-order valence-electron chi connectivity index (χ1n) is 7.89. The van der Waals surface area contributed by atoms with Crippen LogP contribution in [0.15, 0.2) is 0 Å². The maximum atomic E-state index is 6.06. The maximum absolute atomic E-state index is 6.06. The molecule has 1 rings (SSSR count).